The van der Waals surface area contributed by atoms with Crippen molar-refractivity contribution in [1.82, 2.24) is 0 Å². The van der Waals surface area contributed by atoms with Crippen LogP contribution in [0.4, 0.5) is 5.69 Å². The summed E-state index contributed by atoms with van der Waals surface area (Å²) in [7, 11) is 0. The first-order chi connectivity index (χ1) is 11.8. The molecule has 128 valence electrons. The van der Waals surface area contributed by atoms with E-state index in [-0.39, 0.29) is 11.3 Å². The molecular weight excluding hydrogens is 340 g/mol. The summed E-state index contributed by atoms with van der Waals surface area (Å²) in [5.41, 5.74) is 3.65. The van der Waals surface area contributed by atoms with Gasteiger partial charge in [0.1, 0.15) is 6.07 Å². The predicted octanol–water partition coefficient (Wildman–Crippen LogP) is 3.93. The van der Waals surface area contributed by atoms with Crippen LogP contribution in [0.15, 0.2) is 30.3 Å². The predicted molar refractivity (Wildman–Crippen MR) is 95.7 cm³/mol. The fraction of sp³-hybridized carbons (Fsp3) is 0.211. The van der Waals surface area contributed by atoms with Crippen LogP contribution in [0.3, 0.4) is 0 Å². The van der Waals surface area contributed by atoms with Crippen molar-refractivity contribution in [1.29, 1.82) is 5.26 Å². The monoisotopic (exact) mass is 356 g/mol. The number of benzene rings is 2. The lowest BCUT2D eigenvalue weighted by molar-refractivity contribution is -0.119. The highest BCUT2D eigenvalue weighted by atomic mass is 35.5. The zero-order valence-corrected chi connectivity index (χ0v) is 14.9. The lowest BCUT2D eigenvalue weighted by Gasteiger charge is -2.11. The molecule has 2 rings (SSSR count). The normalized spacial score (nSPS) is 10.0. The van der Waals surface area contributed by atoms with Crippen LogP contribution in [0, 0.1) is 32.1 Å². The Labute approximate surface area is 151 Å². The van der Waals surface area contributed by atoms with Crippen molar-refractivity contribution >= 4 is 29.2 Å². The third-order valence-corrected chi connectivity index (χ3v) is 3.83. The van der Waals surface area contributed by atoms with Crippen molar-refractivity contribution in [2.45, 2.75) is 20.8 Å². The summed E-state index contributed by atoms with van der Waals surface area (Å²) < 4.78 is 5.10. The molecule has 5 nitrogen and oxygen atoms in total. The number of esters is 1. The first-order valence-corrected chi connectivity index (χ1v) is 7.94. The van der Waals surface area contributed by atoms with Gasteiger partial charge in [0.05, 0.1) is 16.8 Å². The van der Waals surface area contributed by atoms with Gasteiger partial charge in [-0.3, -0.25) is 4.79 Å². The molecule has 0 saturated carbocycles. The maximum Gasteiger partial charge on any atom is 0.339 e. The van der Waals surface area contributed by atoms with Crippen LogP contribution in [0.1, 0.15) is 32.6 Å². The number of amides is 1. The van der Waals surface area contributed by atoms with Gasteiger partial charge >= 0.3 is 5.97 Å². The molecule has 1 amide bonds. The molecule has 1 N–H and O–H groups in total. The maximum atomic E-state index is 12.3. The molecule has 0 bridgehead atoms. The van der Waals surface area contributed by atoms with Crippen LogP contribution in [0.5, 0.6) is 0 Å². The van der Waals surface area contributed by atoms with Gasteiger partial charge in [0.2, 0.25) is 0 Å². The Balaban J connectivity index is 2.05. The maximum absolute atomic E-state index is 12.3. The molecule has 0 saturated heterocycles. The highest BCUT2D eigenvalue weighted by molar-refractivity contribution is 6.31. The van der Waals surface area contributed by atoms with Crippen LogP contribution in [0.25, 0.3) is 0 Å². The Hall–Kier alpha value is -2.84. The van der Waals surface area contributed by atoms with E-state index >= 15 is 0 Å². The number of hydrogen-bond donors (Lipinski definition) is 1. The molecule has 2 aromatic rings. The zero-order valence-electron chi connectivity index (χ0n) is 14.1. The molecule has 0 unspecified atom stereocenters. The molecule has 0 aliphatic carbocycles. The average Bonchev–Trinajstić information content (AvgIpc) is 2.52. The number of halogens is 1. The molecule has 2 aromatic carbocycles. The Kier molecular flexibility index (Phi) is 5.79. The third-order valence-electron chi connectivity index (χ3n) is 3.59. The Morgan fingerprint density at radius 3 is 2.40 bits per heavy atom. The number of anilines is 1. The van der Waals surface area contributed by atoms with Gasteiger partial charge < -0.3 is 10.1 Å². The molecule has 0 heterocycles. The van der Waals surface area contributed by atoms with Gasteiger partial charge in [0.25, 0.3) is 5.91 Å². The van der Waals surface area contributed by atoms with Crippen molar-refractivity contribution in [3.05, 3.63) is 63.2 Å². The number of nitriles is 1. The fourth-order valence-electron chi connectivity index (χ4n) is 2.61. The van der Waals surface area contributed by atoms with Crippen LogP contribution >= 0.6 is 11.6 Å². The number of nitrogens with one attached hydrogen (secondary N) is 1. The topological polar surface area (TPSA) is 79.2 Å². The minimum Gasteiger partial charge on any atom is -0.452 e. The molecule has 0 atom stereocenters. The van der Waals surface area contributed by atoms with Gasteiger partial charge in [-0.05, 0) is 50.1 Å². The molecule has 25 heavy (non-hydrogen) atoms. The van der Waals surface area contributed by atoms with Crippen molar-refractivity contribution in [3.8, 4) is 6.07 Å². The molecule has 6 heteroatoms. The Morgan fingerprint density at radius 1 is 1.16 bits per heavy atom. The number of carbonyl (C=O) groups is 2. The van der Waals surface area contributed by atoms with Gasteiger partial charge in [0, 0.05) is 5.02 Å². The largest absolute Gasteiger partial charge is 0.452 e. The minimum atomic E-state index is -0.559. The van der Waals surface area contributed by atoms with Gasteiger partial charge in [-0.15, -0.1) is 0 Å². The fourth-order valence-corrected chi connectivity index (χ4v) is 2.78. The van der Waals surface area contributed by atoms with Crippen LogP contribution in [-0.2, 0) is 9.53 Å². The second kappa shape index (κ2) is 7.82. The second-order valence-electron chi connectivity index (χ2n) is 5.70. The van der Waals surface area contributed by atoms with Gasteiger partial charge in [-0.25, -0.2) is 4.79 Å². The van der Waals surface area contributed by atoms with Crippen LogP contribution < -0.4 is 5.32 Å². The number of nitrogens with zero attached hydrogens (tertiary/aromatic N) is 1. The molecule has 0 aromatic heterocycles. The molecular formula is C19H17ClN2O3. The number of hydrogen-bond acceptors (Lipinski definition) is 4. The minimum absolute atomic E-state index is 0.273. The quantitative estimate of drug-likeness (QED) is 0.842. The van der Waals surface area contributed by atoms with Gasteiger partial charge in [-0.1, -0.05) is 29.3 Å². The van der Waals surface area contributed by atoms with E-state index < -0.39 is 18.5 Å². The number of ether oxygens (including phenoxy) is 1. The summed E-state index contributed by atoms with van der Waals surface area (Å²) >= 11 is 5.87. The average molecular weight is 357 g/mol. The summed E-state index contributed by atoms with van der Waals surface area (Å²) in [6, 6.07) is 10.2. The van der Waals surface area contributed by atoms with E-state index in [4.69, 9.17) is 21.6 Å². The number of rotatable bonds is 4. The van der Waals surface area contributed by atoms with Crippen LogP contribution in [0.2, 0.25) is 5.02 Å². The summed E-state index contributed by atoms with van der Waals surface area (Å²) in [4.78, 5) is 24.3. The standard InChI is InChI=1S/C19H17ClN2O3/c1-11-6-12(2)18(13(3)7-11)19(24)25-10-17(23)22-16-8-15(20)5-4-14(16)9-21/h4-8H,10H2,1-3H3,(H,22,23). The summed E-state index contributed by atoms with van der Waals surface area (Å²) in [6.45, 7) is 5.13. The first kappa shape index (κ1) is 18.5. The molecule has 0 aliphatic heterocycles. The highest BCUT2D eigenvalue weighted by Crippen LogP contribution is 2.21. The molecule has 0 radical (unpaired) electrons. The SMILES string of the molecule is Cc1cc(C)c(C(=O)OCC(=O)Nc2cc(Cl)ccc2C#N)c(C)c1. The van der Waals surface area contributed by atoms with Crippen molar-refractivity contribution in [3.63, 3.8) is 0 Å². The van der Waals surface area contributed by atoms with E-state index in [9.17, 15) is 9.59 Å². The summed E-state index contributed by atoms with van der Waals surface area (Å²) in [5, 5.41) is 12.0. The van der Waals surface area contributed by atoms with Crippen molar-refractivity contribution in [2.75, 3.05) is 11.9 Å². The summed E-state index contributed by atoms with van der Waals surface area (Å²) in [5.74, 6) is -1.11. The lowest BCUT2D eigenvalue weighted by atomic mass is 10.00. The zero-order chi connectivity index (χ0) is 18.6. The van der Waals surface area contributed by atoms with E-state index in [1.807, 2.05) is 39.0 Å². The van der Waals surface area contributed by atoms with Crippen molar-refractivity contribution in [2.24, 2.45) is 0 Å². The number of carbonyl (C=O) groups excluding carboxylic acids is 2. The van der Waals surface area contributed by atoms with E-state index in [1.165, 1.54) is 12.1 Å². The van der Waals surface area contributed by atoms with E-state index in [2.05, 4.69) is 5.32 Å². The Morgan fingerprint density at radius 2 is 1.80 bits per heavy atom. The molecule has 0 aliphatic rings. The highest BCUT2D eigenvalue weighted by Gasteiger charge is 2.16. The second-order valence-corrected chi connectivity index (χ2v) is 6.14. The third kappa shape index (κ3) is 4.59. The summed E-state index contributed by atoms with van der Waals surface area (Å²) in [6.07, 6.45) is 0. The van der Waals surface area contributed by atoms with Crippen molar-refractivity contribution < 1.29 is 14.3 Å². The van der Waals surface area contributed by atoms with E-state index in [1.54, 1.807) is 6.07 Å². The number of aryl methyl sites for hydroxylation is 3. The van der Waals surface area contributed by atoms with Crippen LogP contribution in [-0.4, -0.2) is 18.5 Å². The van der Waals surface area contributed by atoms with E-state index in [0.717, 1.165) is 16.7 Å². The van der Waals surface area contributed by atoms with E-state index in [0.29, 0.717) is 10.6 Å². The molecule has 0 fully saturated rings. The molecule has 0 spiro atoms. The van der Waals surface area contributed by atoms with Gasteiger partial charge in [-0.2, -0.15) is 5.26 Å². The Bertz CT molecular complexity index is 862. The first-order valence-electron chi connectivity index (χ1n) is 7.56. The smallest absolute Gasteiger partial charge is 0.339 e. The van der Waals surface area contributed by atoms with Gasteiger partial charge in [0.15, 0.2) is 6.61 Å². The lowest BCUT2D eigenvalue weighted by Crippen LogP contribution is -2.22.